The molecule has 2 rings (SSSR count). The van der Waals surface area contributed by atoms with Crippen molar-refractivity contribution in [2.75, 3.05) is 6.54 Å². The van der Waals surface area contributed by atoms with E-state index in [9.17, 15) is 8.78 Å². The van der Waals surface area contributed by atoms with Crippen molar-refractivity contribution in [3.8, 4) is 0 Å². The summed E-state index contributed by atoms with van der Waals surface area (Å²) < 4.78 is 27.2. The molecule has 2 unspecified atom stereocenters. The highest BCUT2D eigenvalue weighted by atomic mass is 127. The molecule has 0 radical (unpaired) electrons. The van der Waals surface area contributed by atoms with Crippen molar-refractivity contribution < 1.29 is 8.78 Å². The predicted octanol–water partition coefficient (Wildman–Crippen LogP) is 3.39. The fraction of sp³-hybridized carbons (Fsp3) is 0.533. The van der Waals surface area contributed by atoms with E-state index in [1.165, 1.54) is 18.2 Å². The number of aliphatic imine (C=N–C) groups is 1. The Bertz CT molecular complexity index is 485. The molecule has 1 saturated carbocycles. The predicted molar refractivity (Wildman–Crippen MR) is 92.0 cm³/mol. The van der Waals surface area contributed by atoms with Crippen LogP contribution in [0.4, 0.5) is 8.78 Å². The highest BCUT2D eigenvalue weighted by molar-refractivity contribution is 14.0. The highest BCUT2D eigenvalue weighted by Crippen LogP contribution is 2.42. The molecule has 6 heteroatoms. The molecule has 118 valence electrons. The van der Waals surface area contributed by atoms with Crippen LogP contribution >= 0.6 is 24.0 Å². The Hall–Kier alpha value is -0.920. The van der Waals surface area contributed by atoms with Gasteiger partial charge in [0, 0.05) is 24.1 Å². The van der Waals surface area contributed by atoms with Crippen LogP contribution in [-0.2, 0) is 0 Å². The van der Waals surface area contributed by atoms with Gasteiger partial charge in [0.25, 0.3) is 0 Å². The molecule has 0 saturated heterocycles. The number of hydrogen-bond donors (Lipinski definition) is 2. The Morgan fingerprint density at radius 2 is 2.00 bits per heavy atom. The van der Waals surface area contributed by atoms with Gasteiger partial charge in [-0.2, -0.15) is 0 Å². The second-order valence-corrected chi connectivity index (χ2v) is 5.68. The van der Waals surface area contributed by atoms with Gasteiger partial charge in [-0.3, -0.25) is 4.99 Å². The second kappa shape index (κ2) is 7.91. The topological polar surface area (TPSA) is 50.4 Å². The first-order chi connectivity index (χ1) is 9.49. The molecule has 0 amide bonds. The van der Waals surface area contributed by atoms with Crippen molar-refractivity contribution >= 4 is 29.9 Å². The average molecular weight is 409 g/mol. The average Bonchev–Trinajstić information content (AvgIpc) is 3.07. The van der Waals surface area contributed by atoms with Crippen molar-refractivity contribution in [2.45, 2.75) is 38.6 Å². The summed E-state index contributed by atoms with van der Waals surface area (Å²) in [4.78, 5) is 4.21. The first-order valence-electron chi connectivity index (χ1n) is 6.99. The van der Waals surface area contributed by atoms with Crippen LogP contribution in [0.2, 0.25) is 0 Å². The van der Waals surface area contributed by atoms with Crippen molar-refractivity contribution in [3.63, 3.8) is 0 Å². The van der Waals surface area contributed by atoms with Gasteiger partial charge in [0.05, 0.1) is 0 Å². The number of guanidine groups is 1. The first-order valence-corrected chi connectivity index (χ1v) is 6.99. The molecule has 21 heavy (non-hydrogen) atoms. The van der Waals surface area contributed by atoms with E-state index in [0.29, 0.717) is 24.8 Å². The number of hydrogen-bond acceptors (Lipinski definition) is 1. The van der Waals surface area contributed by atoms with Crippen molar-refractivity contribution in [1.82, 2.24) is 5.32 Å². The van der Waals surface area contributed by atoms with Crippen LogP contribution in [0, 0.1) is 17.6 Å². The van der Waals surface area contributed by atoms with Gasteiger partial charge in [-0.25, -0.2) is 8.78 Å². The van der Waals surface area contributed by atoms with Gasteiger partial charge in [-0.1, -0.05) is 19.9 Å². The van der Waals surface area contributed by atoms with Crippen LogP contribution in [0.5, 0.6) is 0 Å². The first kappa shape index (κ1) is 18.1. The molecule has 2 atom stereocenters. The minimum absolute atomic E-state index is 0. The van der Waals surface area contributed by atoms with Crippen LogP contribution in [0.3, 0.4) is 0 Å². The lowest BCUT2D eigenvalue weighted by Crippen LogP contribution is -2.34. The SMILES string of the molecule is CC(C)CCN=C(N)NC1CC1c1c(F)cccc1F.I. The summed E-state index contributed by atoms with van der Waals surface area (Å²) in [6, 6.07) is 3.92. The zero-order valence-corrected chi connectivity index (χ0v) is 14.6. The third-order valence-electron chi connectivity index (χ3n) is 3.48. The Balaban J connectivity index is 0.00000220. The van der Waals surface area contributed by atoms with E-state index in [4.69, 9.17) is 5.73 Å². The molecule has 1 aliphatic rings. The lowest BCUT2D eigenvalue weighted by atomic mass is 10.1. The van der Waals surface area contributed by atoms with Crippen LogP contribution in [0.15, 0.2) is 23.2 Å². The quantitative estimate of drug-likeness (QED) is 0.445. The number of halogens is 3. The van der Waals surface area contributed by atoms with Gasteiger partial charge in [0.1, 0.15) is 11.6 Å². The second-order valence-electron chi connectivity index (χ2n) is 5.68. The molecule has 0 bridgehead atoms. The number of benzene rings is 1. The largest absolute Gasteiger partial charge is 0.370 e. The maximum Gasteiger partial charge on any atom is 0.188 e. The summed E-state index contributed by atoms with van der Waals surface area (Å²) in [5, 5.41) is 3.03. The van der Waals surface area contributed by atoms with Gasteiger partial charge in [0.15, 0.2) is 5.96 Å². The molecule has 3 N–H and O–H groups in total. The summed E-state index contributed by atoms with van der Waals surface area (Å²) in [5.74, 6) is -0.207. The van der Waals surface area contributed by atoms with Crippen LogP contribution < -0.4 is 11.1 Å². The molecule has 0 aromatic heterocycles. The minimum atomic E-state index is -0.491. The van der Waals surface area contributed by atoms with Crippen LogP contribution in [0.25, 0.3) is 0 Å². The van der Waals surface area contributed by atoms with Gasteiger partial charge in [-0.05, 0) is 30.9 Å². The number of nitrogens with zero attached hydrogens (tertiary/aromatic N) is 1. The van der Waals surface area contributed by atoms with Crippen molar-refractivity contribution in [1.29, 1.82) is 0 Å². The number of nitrogens with two attached hydrogens (primary N) is 1. The molecule has 1 aromatic carbocycles. The number of nitrogens with one attached hydrogen (secondary N) is 1. The van der Waals surface area contributed by atoms with Gasteiger partial charge < -0.3 is 11.1 Å². The summed E-state index contributed by atoms with van der Waals surface area (Å²) in [7, 11) is 0. The van der Waals surface area contributed by atoms with Crippen LogP contribution in [0.1, 0.15) is 38.2 Å². The van der Waals surface area contributed by atoms with Crippen molar-refractivity contribution in [3.05, 3.63) is 35.4 Å². The fourth-order valence-corrected chi connectivity index (χ4v) is 2.22. The third-order valence-corrected chi connectivity index (χ3v) is 3.48. The van der Waals surface area contributed by atoms with Gasteiger partial charge in [-0.15, -0.1) is 24.0 Å². The smallest absolute Gasteiger partial charge is 0.188 e. The molecule has 1 aromatic rings. The van der Waals surface area contributed by atoms with E-state index < -0.39 is 11.6 Å². The van der Waals surface area contributed by atoms with Crippen molar-refractivity contribution in [2.24, 2.45) is 16.6 Å². The monoisotopic (exact) mass is 409 g/mol. The van der Waals surface area contributed by atoms with E-state index in [1.807, 2.05) is 0 Å². The normalized spacial score (nSPS) is 21.1. The maximum atomic E-state index is 13.6. The van der Waals surface area contributed by atoms with E-state index in [1.54, 1.807) is 0 Å². The molecule has 1 fully saturated rings. The Morgan fingerprint density at radius 1 is 1.38 bits per heavy atom. The van der Waals surface area contributed by atoms with E-state index in [-0.39, 0.29) is 41.5 Å². The molecule has 1 aliphatic carbocycles. The summed E-state index contributed by atoms with van der Waals surface area (Å²) in [6.45, 7) is 4.91. The fourth-order valence-electron chi connectivity index (χ4n) is 2.22. The summed E-state index contributed by atoms with van der Waals surface area (Å²) in [6.07, 6.45) is 1.65. The lowest BCUT2D eigenvalue weighted by Gasteiger charge is -2.07. The zero-order valence-electron chi connectivity index (χ0n) is 12.3. The summed E-state index contributed by atoms with van der Waals surface area (Å²) in [5.41, 5.74) is 5.92. The summed E-state index contributed by atoms with van der Waals surface area (Å²) >= 11 is 0. The molecule has 0 heterocycles. The highest BCUT2D eigenvalue weighted by Gasteiger charge is 2.42. The standard InChI is InChI=1S/C15H21F2N3.HI/c1-9(2)6-7-19-15(18)20-13-8-10(13)14-11(16)4-3-5-12(14)17;/h3-5,9-10,13H,6-8H2,1-2H3,(H3,18,19,20);1H. The van der Waals surface area contributed by atoms with Crippen LogP contribution in [-0.4, -0.2) is 18.5 Å². The maximum absolute atomic E-state index is 13.6. The minimum Gasteiger partial charge on any atom is -0.370 e. The molecule has 0 spiro atoms. The van der Waals surface area contributed by atoms with Gasteiger partial charge >= 0.3 is 0 Å². The zero-order chi connectivity index (χ0) is 14.7. The molecular weight excluding hydrogens is 387 g/mol. The Labute approximate surface area is 141 Å². The van der Waals surface area contributed by atoms with E-state index in [0.717, 1.165) is 6.42 Å². The molecule has 0 aliphatic heterocycles. The van der Waals surface area contributed by atoms with E-state index in [2.05, 4.69) is 24.2 Å². The van der Waals surface area contributed by atoms with Gasteiger partial charge in [0.2, 0.25) is 0 Å². The Morgan fingerprint density at radius 3 is 2.57 bits per heavy atom. The number of rotatable bonds is 5. The molecular formula is C15H22F2IN3. The Kier molecular flexibility index (Phi) is 6.83. The van der Waals surface area contributed by atoms with E-state index >= 15 is 0 Å². The third kappa shape index (κ3) is 5.09. The lowest BCUT2D eigenvalue weighted by molar-refractivity contribution is 0.553. The molecule has 3 nitrogen and oxygen atoms in total.